The van der Waals surface area contributed by atoms with Crippen molar-refractivity contribution in [1.29, 1.82) is 0 Å². The number of aromatic nitrogens is 2. The monoisotopic (exact) mass is 577 g/mol. The highest BCUT2D eigenvalue weighted by molar-refractivity contribution is 7.99. The van der Waals surface area contributed by atoms with Crippen LogP contribution in [-0.2, 0) is 22.1 Å². The van der Waals surface area contributed by atoms with Crippen LogP contribution in [-0.4, -0.2) is 51.9 Å². The summed E-state index contributed by atoms with van der Waals surface area (Å²) in [5.74, 6) is 0.665. The fraction of sp³-hybridized carbons (Fsp3) is 0.333. The molecule has 212 valence electrons. The Kier molecular flexibility index (Phi) is 9.35. The van der Waals surface area contributed by atoms with Gasteiger partial charge in [0.05, 0.1) is 11.3 Å². The summed E-state index contributed by atoms with van der Waals surface area (Å²) in [6, 6.07) is 8.11. The summed E-state index contributed by atoms with van der Waals surface area (Å²) in [7, 11) is 0. The van der Waals surface area contributed by atoms with Crippen LogP contribution in [0.25, 0.3) is 0 Å². The minimum Gasteiger partial charge on any atom is -0.461 e. The van der Waals surface area contributed by atoms with Gasteiger partial charge < -0.3 is 23.5 Å². The zero-order chi connectivity index (χ0) is 28.7. The minimum absolute atomic E-state index is 0.000594. The summed E-state index contributed by atoms with van der Waals surface area (Å²) in [6.45, 7) is 6.38. The van der Waals surface area contributed by atoms with Crippen LogP contribution in [0.1, 0.15) is 29.9 Å². The van der Waals surface area contributed by atoms with E-state index >= 15 is 0 Å². The van der Waals surface area contributed by atoms with E-state index in [1.807, 2.05) is 0 Å². The van der Waals surface area contributed by atoms with Gasteiger partial charge in [-0.2, -0.15) is 13.2 Å². The second-order valence-electron chi connectivity index (χ2n) is 8.77. The molecule has 0 aliphatic carbocycles. The van der Waals surface area contributed by atoms with Gasteiger partial charge in [0.2, 0.25) is 5.88 Å². The molecule has 3 aromatic rings. The van der Waals surface area contributed by atoms with Crippen LogP contribution in [0.2, 0.25) is 0 Å². The molecular formula is C27H26F3N3O6S. The standard InChI is InChI=1S/C27H26F3N3O6S/c1-3-14-36-24(34)15-22-17(2)32-25(39-22)40-21-10-12-33(13-11-21)26(35)38-20-7-5-19(6-8-20)37-23-9-4-18(16-31-23)27(28,29)30/h3-9,16,21H,1,10-15H2,2H3. The first-order chi connectivity index (χ1) is 19.1. The first-order valence-corrected chi connectivity index (χ1v) is 13.2. The van der Waals surface area contributed by atoms with Crippen molar-refractivity contribution >= 4 is 23.8 Å². The smallest absolute Gasteiger partial charge is 0.417 e. The van der Waals surface area contributed by atoms with Crippen molar-refractivity contribution in [2.45, 2.75) is 42.8 Å². The van der Waals surface area contributed by atoms with Crippen molar-refractivity contribution < 1.29 is 41.4 Å². The molecule has 13 heteroatoms. The molecule has 9 nitrogen and oxygen atoms in total. The van der Waals surface area contributed by atoms with Gasteiger partial charge in [-0.3, -0.25) is 4.79 Å². The molecule has 1 saturated heterocycles. The maximum absolute atomic E-state index is 12.7. The lowest BCUT2D eigenvalue weighted by Crippen LogP contribution is -2.40. The van der Waals surface area contributed by atoms with Crippen molar-refractivity contribution in [2.75, 3.05) is 19.7 Å². The molecule has 1 fully saturated rings. The quantitative estimate of drug-likeness (QED) is 0.217. The Morgan fingerprint density at radius 3 is 2.48 bits per heavy atom. The van der Waals surface area contributed by atoms with Crippen LogP contribution in [0.15, 0.2) is 64.9 Å². The number of carbonyl (C=O) groups is 2. The van der Waals surface area contributed by atoms with Crippen LogP contribution in [0.4, 0.5) is 18.0 Å². The van der Waals surface area contributed by atoms with Crippen molar-refractivity contribution in [3.8, 4) is 17.4 Å². The molecule has 0 bridgehead atoms. The number of ether oxygens (including phenoxy) is 3. The normalized spacial score (nSPS) is 14.1. The first-order valence-electron chi connectivity index (χ1n) is 12.3. The maximum Gasteiger partial charge on any atom is 0.417 e. The topological polar surface area (TPSA) is 104 Å². The zero-order valence-corrected chi connectivity index (χ0v) is 22.3. The number of likely N-dealkylation sites (tertiary alicyclic amines) is 1. The number of alkyl halides is 3. The van der Waals surface area contributed by atoms with Gasteiger partial charge in [0.1, 0.15) is 30.3 Å². The molecule has 0 spiro atoms. The van der Waals surface area contributed by atoms with Gasteiger partial charge in [-0.05, 0) is 50.1 Å². The molecule has 0 saturated carbocycles. The second-order valence-corrected chi connectivity index (χ2v) is 10.0. The van der Waals surface area contributed by atoms with Crippen molar-refractivity contribution in [2.24, 2.45) is 0 Å². The fourth-order valence-electron chi connectivity index (χ4n) is 3.72. The van der Waals surface area contributed by atoms with E-state index in [2.05, 4.69) is 16.5 Å². The van der Waals surface area contributed by atoms with E-state index in [9.17, 15) is 22.8 Å². The number of oxazole rings is 1. The number of rotatable bonds is 9. The van der Waals surface area contributed by atoms with Crippen molar-refractivity contribution in [3.63, 3.8) is 0 Å². The molecule has 0 radical (unpaired) electrons. The van der Waals surface area contributed by atoms with E-state index in [4.69, 9.17) is 18.6 Å². The molecule has 1 aliphatic rings. The van der Waals surface area contributed by atoms with Crippen LogP contribution < -0.4 is 9.47 Å². The number of hydrogen-bond acceptors (Lipinski definition) is 9. The van der Waals surface area contributed by atoms with Gasteiger partial charge in [-0.15, -0.1) is 0 Å². The predicted molar refractivity (Wildman–Crippen MR) is 138 cm³/mol. The molecule has 0 N–H and O–H groups in total. The van der Waals surface area contributed by atoms with Crippen LogP contribution in [0, 0.1) is 6.92 Å². The Morgan fingerprint density at radius 2 is 1.85 bits per heavy atom. The van der Waals surface area contributed by atoms with Crippen LogP contribution >= 0.6 is 11.8 Å². The largest absolute Gasteiger partial charge is 0.461 e. The number of halogens is 3. The first kappa shape index (κ1) is 29.0. The van der Waals surface area contributed by atoms with Gasteiger partial charge >= 0.3 is 18.2 Å². The Bertz CT molecular complexity index is 1320. The third-order valence-corrected chi connectivity index (χ3v) is 7.00. The number of amides is 1. The summed E-state index contributed by atoms with van der Waals surface area (Å²) in [5.41, 5.74) is -0.239. The summed E-state index contributed by atoms with van der Waals surface area (Å²) >= 11 is 1.47. The Labute approximate surface area is 232 Å². The number of carbonyl (C=O) groups excluding carboxylic acids is 2. The number of pyridine rings is 1. The van der Waals surface area contributed by atoms with Gasteiger partial charge in [0.25, 0.3) is 5.22 Å². The summed E-state index contributed by atoms with van der Waals surface area (Å²) in [4.78, 5) is 34.1. The van der Waals surface area contributed by atoms with E-state index in [0.717, 1.165) is 12.1 Å². The summed E-state index contributed by atoms with van der Waals surface area (Å²) < 4.78 is 59.6. The van der Waals surface area contributed by atoms with Gasteiger partial charge in [-0.1, -0.05) is 24.4 Å². The molecular weight excluding hydrogens is 551 g/mol. The average molecular weight is 578 g/mol. The number of thioether (sulfide) groups is 1. The van der Waals surface area contributed by atoms with E-state index in [1.165, 1.54) is 42.1 Å². The van der Waals surface area contributed by atoms with Gasteiger partial charge in [0, 0.05) is 30.6 Å². The minimum atomic E-state index is -4.48. The molecule has 1 aliphatic heterocycles. The molecule has 2 aromatic heterocycles. The Hall–Kier alpha value is -4.00. The zero-order valence-electron chi connectivity index (χ0n) is 21.5. The second kappa shape index (κ2) is 12.9. The van der Waals surface area contributed by atoms with E-state index in [0.29, 0.717) is 60.3 Å². The lowest BCUT2D eigenvalue weighted by Gasteiger charge is -2.30. The van der Waals surface area contributed by atoms with E-state index in [-0.39, 0.29) is 24.2 Å². The van der Waals surface area contributed by atoms with E-state index < -0.39 is 23.8 Å². The maximum atomic E-state index is 12.7. The lowest BCUT2D eigenvalue weighted by molar-refractivity contribution is -0.142. The van der Waals surface area contributed by atoms with Crippen LogP contribution in [0.3, 0.4) is 0 Å². The summed E-state index contributed by atoms with van der Waals surface area (Å²) in [6.07, 6.45) is -1.39. The number of hydrogen-bond donors (Lipinski definition) is 0. The predicted octanol–water partition coefficient (Wildman–Crippen LogP) is 6.22. The number of esters is 1. The lowest BCUT2D eigenvalue weighted by atomic mass is 10.1. The molecule has 40 heavy (non-hydrogen) atoms. The van der Waals surface area contributed by atoms with Crippen molar-refractivity contribution in [3.05, 3.63) is 72.3 Å². The summed E-state index contributed by atoms with van der Waals surface area (Å²) in [5, 5.41) is 0.650. The van der Waals surface area contributed by atoms with Gasteiger partial charge in [-0.25, -0.2) is 14.8 Å². The molecule has 1 aromatic carbocycles. The number of benzene rings is 1. The number of aryl methyl sites for hydroxylation is 1. The number of piperidine rings is 1. The Morgan fingerprint density at radius 1 is 1.15 bits per heavy atom. The molecule has 0 unspecified atom stereocenters. The van der Waals surface area contributed by atoms with E-state index in [1.54, 1.807) is 11.8 Å². The Balaban J connectivity index is 1.22. The highest BCUT2D eigenvalue weighted by Gasteiger charge is 2.31. The number of nitrogens with zero attached hydrogens (tertiary/aromatic N) is 3. The average Bonchev–Trinajstić information content (AvgIpc) is 3.26. The van der Waals surface area contributed by atoms with Crippen molar-refractivity contribution in [1.82, 2.24) is 14.9 Å². The molecule has 0 atom stereocenters. The third kappa shape index (κ3) is 8.01. The molecule has 1 amide bonds. The SMILES string of the molecule is C=CCOC(=O)Cc1oc(SC2CCN(C(=O)Oc3ccc(Oc4ccc(C(F)(F)F)cn4)cc3)CC2)nc1C. The molecule has 3 heterocycles. The molecule has 4 rings (SSSR count). The highest BCUT2D eigenvalue weighted by atomic mass is 32.2. The van der Waals surface area contributed by atoms with Gasteiger partial charge in [0.15, 0.2) is 0 Å². The fourth-order valence-corrected chi connectivity index (χ4v) is 4.79. The highest BCUT2D eigenvalue weighted by Crippen LogP contribution is 2.32. The third-order valence-electron chi connectivity index (χ3n) is 5.82. The van der Waals surface area contributed by atoms with Crippen LogP contribution in [0.5, 0.6) is 17.4 Å².